The Hall–Kier alpha value is -1.03. The molecule has 286 valence electrons. The maximum atomic E-state index is 12.5. The number of nitrogens with two attached hydrogens (primary N) is 1. The molecule has 0 saturated heterocycles. The van der Waals surface area contributed by atoms with Crippen molar-refractivity contribution in [1.29, 1.82) is 0 Å². The lowest BCUT2D eigenvalue weighted by Gasteiger charge is -2.20. The molecular formula is C37H74NO9P. The summed E-state index contributed by atoms with van der Waals surface area (Å²) in [5.41, 5.74) is 5.33. The monoisotopic (exact) mass is 708 g/mol. The van der Waals surface area contributed by atoms with Gasteiger partial charge < -0.3 is 25.2 Å². The van der Waals surface area contributed by atoms with Crippen molar-refractivity contribution in [2.24, 2.45) is 5.73 Å². The number of ether oxygens (including phenoxy) is 2. The van der Waals surface area contributed by atoms with E-state index < -0.39 is 45.1 Å². The van der Waals surface area contributed by atoms with Crippen molar-refractivity contribution in [2.45, 2.75) is 199 Å². The second-order valence-electron chi connectivity index (χ2n) is 13.4. The summed E-state index contributed by atoms with van der Waals surface area (Å²) in [5, 5.41) is 8.85. The van der Waals surface area contributed by atoms with Crippen LogP contribution in [-0.4, -0.2) is 60.5 Å². The van der Waals surface area contributed by atoms with Crippen LogP contribution in [0.3, 0.4) is 0 Å². The molecule has 0 spiro atoms. The van der Waals surface area contributed by atoms with E-state index in [9.17, 15) is 19.0 Å². The first-order chi connectivity index (χ1) is 23.2. The molecule has 0 aromatic heterocycles. The van der Waals surface area contributed by atoms with Crippen LogP contribution in [0, 0.1) is 0 Å². The molecule has 0 radical (unpaired) electrons. The molecule has 3 atom stereocenters. The van der Waals surface area contributed by atoms with Gasteiger partial charge in [0.1, 0.15) is 12.1 Å². The van der Waals surface area contributed by atoms with E-state index in [2.05, 4.69) is 18.4 Å². The third kappa shape index (κ3) is 33.5. The highest BCUT2D eigenvalue weighted by atomic mass is 31.2. The summed E-state index contributed by atoms with van der Waals surface area (Å²) in [6, 6.07) is -1.47. The van der Waals surface area contributed by atoms with Gasteiger partial charge in [0.15, 0.2) is 0 Å². The van der Waals surface area contributed by atoms with Crippen molar-refractivity contribution in [1.82, 2.24) is 0 Å². The molecule has 0 bridgehead atoms. The number of carboxylic acid groups (broad SMARTS) is 1. The zero-order chi connectivity index (χ0) is 35.6. The molecule has 0 rings (SSSR count). The number of phosphoric acid groups is 1. The lowest BCUT2D eigenvalue weighted by atomic mass is 10.0. The van der Waals surface area contributed by atoms with Crippen LogP contribution in [0.5, 0.6) is 0 Å². The normalized spacial score (nSPS) is 14.1. The van der Waals surface area contributed by atoms with Crippen LogP contribution >= 0.6 is 7.82 Å². The number of esters is 1. The van der Waals surface area contributed by atoms with Crippen molar-refractivity contribution in [3.63, 3.8) is 0 Å². The smallest absolute Gasteiger partial charge is 0.472 e. The number of carbonyl (C=O) groups excluding carboxylic acids is 1. The van der Waals surface area contributed by atoms with E-state index in [4.69, 9.17) is 24.8 Å². The highest BCUT2D eigenvalue weighted by Gasteiger charge is 2.27. The Morgan fingerprint density at radius 3 is 1.38 bits per heavy atom. The number of carboxylic acids is 1. The van der Waals surface area contributed by atoms with E-state index in [1.165, 1.54) is 128 Å². The van der Waals surface area contributed by atoms with Gasteiger partial charge in [-0.25, -0.2) is 4.57 Å². The van der Waals surface area contributed by atoms with Crippen molar-refractivity contribution in [3.05, 3.63) is 0 Å². The average Bonchev–Trinajstić information content (AvgIpc) is 3.06. The minimum absolute atomic E-state index is 0.0248. The van der Waals surface area contributed by atoms with Gasteiger partial charge in [-0.05, 0) is 12.8 Å². The van der Waals surface area contributed by atoms with E-state index >= 15 is 0 Å². The van der Waals surface area contributed by atoms with E-state index in [-0.39, 0.29) is 13.0 Å². The van der Waals surface area contributed by atoms with Crippen LogP contribution in [0.25, 0.3) is 0 Å². The number of carbonyl (C=O) groups is 2. The summed E-state index contributed by atoms with van der Waals surface area (Å²) in [6.45, 7) is 3.88. The molecule has 10 nitrogen and oxygen atoms in total. The molecule has 11 heteroatoms. The summed E-state index contributed by atoms with van der Waals surface area (Å²) >= 11 is 0. The first-order valence-corrected chi connectivity index (χ1v) is 21.1. The van der Waals surface area contributed by atoms with Crippen molar-refractivity contribution in [3.8, 4) is 0 Å². The Balaban J connectivity index is 4.17. The van der Waals surface area contributed by atoms with E-state index in [0.29, 0.717) is 6.61 Å². The minimum Gasteiger partial charge on any atom is -0.480 e. The zero-order valence-corrected chi connectivity index (χ0v) is 31.7. The Morgan fingerprint density at radius 1 is 0.583 bits per heavy atom. The fourth-order valence-corrected chi connectivity index (χ4v) is 6.32. The quantitative estimate of drug-likeness (QED) is 0.0321. The zero-order valence-electron chi connectivity index (χ0n) is 30.9. The lowest BCUT2D eigenvalue weighted by Crippen LogP contribution is -2.34. The molecule has 0 aliphatic carbocycles. The lowest BCUT2D eigenvalue weighted by molar-refractivity contribution is -0.154. The second kappa shape index (κ2) is 34.4. The Kier molecular flexibility index (Phi) is 33.7. The molecule has 48 heavy (non-hydrogen) atoms. The molecule has 0 fully saturated rings. The summed E-state index contributed by atoms with van der Waals surface area (Å²) in [5.74, 6) is -1.77. The summed E-state index contributed by atoms with van der Waals surface area (Å²) in [4.78, 5) is 33.3. The fraction of sp³-hybridized carbons (Fsp3) is 0.946. The maximum Gasteiger partial charge on any atom is 0.472 e. The average molecular weight is 708 g/mol. The predicted molar refractivity (Wildman–Crippen MR) is 194 cm³/mol. The third-order valence-corrected chi connectivity index (χ3v) is 9.59. The van der Waals surface area contributed by atoms with Crippen LogP contribution in [0.15, 0.2) is 0 Å². The van der Waals surface area contributed by atoms with Gasteiger partial charge in [0.25, 0.3) is 0 Å². The molecular weight excluding hydrogens is 633 g/mol. The van der Waals surface area contributed by atoms with Gasteiger partial charge in [-0.2, -0.15) is 0 Å². The van der Waals surface area contributed by atoms with Crippen LogP contribution in [0.1, 0.15) is 187 Å². The highest BCUT2D eigenvalue weighted by molar-refractivity contribution is 7.47. The van der Waals surface area contributed by atoms with Crippen molar-refractivity contribution < 1.29 is 42.7 Å². The summed E-state index contributed by atoms with van der Waals surface area (Å²) in [7, 11) is -4.60. The first kappa shape index (κ1) is 47.0. The molecule has 3 unspecified atom stereocenters. The molecule has 0 aromatic rings. The second-order valence-corrected chi connectivity index (χ2v) is 14.9. The molecule has 0 saturated carbocycles. The number of unbranched alkanes of at least 4 members (excludes halogenated alkanes) is 24. The van der Waals surface area contributed by atoms with Crippen LogP contribution in [0.4, 0.5) is 0 Å². The Labute approximate surface area is 293 Å². The van der Waals surface area contributed by atoms with Gasteiger partial charge >= 0.3 is 19.8 Å². The Morgan fingerprint density at radius 2 is 0.958 bits per heavy atom. The minimum atomic E-state index is -4.60. The number of rotatable bonds is 38. The van der Waals surface area contributed by atoms with E-state index in [1.807, 2.05) is 0 Å². The van der Waals surface area contributed by atoms with E-state index in [0.717, 1.165) is 38.5 Å². The van der Waals surface area contributed by atoms with Gasteiger partial charge in [-0.1, -0.05) is 168 Å². The number of phosphoric ester groups is 1. The van der Waals surface area contributed by atoms with Gasteiger partial charge in [-0.15, -0.1) is 0 Å². The van der Waals surface area contributed by atoms with Crippen LogP contribution in [0.2, 0.25) is 0 Å². The van der Waals surface area contributed by atoms with Crippen molar-refractivity contribution in [2.75, 3.05) is 26.4 Å². The molecule has 0 heterocycles. The highest BCUT2D eigenvalue weighted by Crippen LogP contribution is 2.43. The molecule has 0 aromatic carbocycles. The molecule has 0 aliphatic heterocycles. The summed E-state index contributed by atoms with van der Waals surface area (Å²) < 4.78 is 33.2. The summed E-state index contributed by atoms with van der Waals surface area (Å²) in [6.07, 6.45) is 31.6. The standard InChI is InChI=1S/C37H74NO9P/c1-3-5-7-9-11-13-14-15-16-17-18-19-20-22-24-26-28-30-44-31-34(32-45-48(42,43)46-33-35(38)37(40)41)47-36(39)29-27-25-23-21-12-10-8-6-4-2/h34-35H,3-33,38H2,1-2H3,(H,40,41)(H,42,43). The van der Waals surface area contributed by atoms with Crippen LogP contribution < -0.4 is 5.73 Å². The molecule has 4 N–H and O–H groups in total. The van der Waals surface area contributed by atoms with Gasteiger partial charge in [0.05, 0.1) is 19.8 Å². The number of hydrogen-bond donors (Lipinski definition) is 3. The first-order valence-electron chi connectivity index (χ1n) is 19.6. The maximum absolute atomic E-state index is 12.5. The Bertz CT molecular complexity index is 786. The van der Waals surface area contributed by atoms with Crippen molar-refractivity contribution >= 4 is 19.8 Å². The largest absolute Gasteiger partial charge is 0.480 e. The van der Waals surface area contributed by atoms with Gasteiger partial charge in [-0.3, -0.25) is 18.6 Å². The molecule has 0 aliphatic rings. The van der Waals surface area contributed by atoms with E-state index in [1.54, 1.807) is 0 Å². The molecule has 0 amide bonds. The predicted octanol–water partition coefficient (Wildman–Crippen LogP) is 10.0. The van der Waals surface area contributed by atoms with Gasteiger partial charge in [0, 0.05) is 13.0 Å². The fourth-order valence-electron chi connectivity index (χ4n) is 5.55. The SMILES string of the molecule is CCCCCCCCCCCCCCCCCCCOCC(COP(=O)(O)OCC(N)C(=O)O)OC(=O)CCCCCCCCCCC. The third-order valence-electron chi connectivity index (χ3n) is 8.64. The van der Waals surface area contributed by atoms with Crippen LogP contribution in [-0.2, 0) is 32.7 Å². The van der Waals surface area contributed by atoms with Gasteiger partial charge in [0.2, 0.25) is 0 Å². The topological polar surface area (TPSA) is 155 Å². The number of hydrogen-bond acceptors (Lipinski definition) is 8. The number of aliphatic carboxylic acids is 1.